The molecule has 0 aliphatic heterocycles. The predicted molar refractivity (Wildman–Crippen MR) is 73.7 cm³/mol. The number of hydrogen-bond donors (Lipinski definition) is 1. The molecule has 0 spiro atoms. The van der Waals surface area contributed by atoms with Gasteiger partial charge in [-0.1, -0.05) is 47.5 Å². The Hall–Kier alpha value is -0.0800. The molecule has 2 heteroatoms. The van der Waals surface area contributed by atoms with Gasteiger partial charge in [0.1, 0.15) is 0 Å². The summed E-state index contributed by atoms with van der Waals surface area (Å²) in [6.45, 7) is 14.6. The van der Waals surface area contributed by atoms with E-state index in [0.29, 0.717) is 0 Å². The zero-order chi connectivity index (χ0) is 12.6. The van der Waals surface area contributed by atoms with Crippen molar-refractivity contribution in [2.75, 3.05) is 19.6 Å². The third-order valence-electron chi connectivity index (χ3n) is 4.07. The molecule has 0 rings (SSSR count). The van der Waals surface area contributed by atoms with Crippen molar-refractivity contribution in [2.45, 2.75) is 65.8 Å². The van der Waals surface area contributed by atoms with E-state index in [0.717, 1.165) is 31.8 Å². The van der Waals surface area contributed by atoms with Crippen molar-refractivity contribution < 1.29 is 0 Å². The summed E-state index contributed by atoms with van der Waals surface area (Å²) < 4.78 is 0. The molecule has 0 heterocycles. The maximum atomic E-state index is 6.39. The van der Waals surface area contributed by atoms with E-state index in [9.17, 15) is 0 Å². The molecule has 0 aromatic rings. The Bertz CT molecular complexity index is 160. The quantitative estimate of drug-likeness (QED) is 0.656. The first-order valence-electron chi connectivity index (χ1n) is 7.06. The highest BCUT2D eigenvalue weighted by Crippen LogP contribution is 2.16. The molecule has 0 bridgehead atoms. The number of rotatable bonds is 9. The van der Waals surface area contributed by atoms with Gasteiger partial charge >= 0.3 is 0 Å². The second-order valence-electron chi connectivity index (χ2n) is 5.08. The fourth-order valence-electron chi connectivity index (χ4n) is 2.14. The van der Waals surface area contributed by atoms with Gasteiger partial charge in [0.2, 0.25) is 0 Å². The molecule has 16 heavy (non-hydrogen) atoms. The first-order valence-corrected chi connectivity index (χ1v) is 7.06. The minimum absolute atomic E-state index is 0.0159. The third kappa shape index (κ3) is 5.31. The molecular weight excluding hydrogens is 196 g/mol. The molecule has 0 aromatic heterocycles. The van der Waals surface area contributed by atoms with Gasteiger partial charge in [-0.2, -0.15) is 0 Å². The zero-order valence-electron chi connectivity index (χ0n) is 12.1. The molecule has 0 aliphatic rings. The molecule has 0 unspecified atom stereocenters. The maximum Gasteiger partial charge on any atom is 0.0278 e. The minimum Gasteiger partial charge on any atom is -0.324 e. The smallest absolute Gasteiger partial charge is 0.0278 e. The average molecular weight is 228 g/mol. The fraction of sp³-hybridized carbons (Fsp3) is 1.00. The van der Waals surface area contributed by atoms with E-state index in [1.54, 1.807) is 0 Å². The molecule has 0 aliphatic carbocycles. The van der Waals surface area contributed by atoms with Crippen LogP contribution in [-0.2, 0) is 0 Å². The highest BCUT2D eigenvalue weighted by Gasteiger charge is 2.23. The summed E-state index contributed by atoms with van der Waals surface area (Å²) in [6.07, 6.45) is 4.71. The summed E-state index contributed by atoms with van der Waals surface area (Å²) in [4.78, 5) is 2.53. The van der Waals surface area contributed by atoms with Crippen LogP contribution < -0.4 is 5.73 Å². The van der Waals surface area contributed by atoms with E-state index in [1.807, 2.05) is 0 Å². The lowest BCUT2D eigenvalue weighted by Crippen LogP contribution is -2.50. The third-order valence-corrected chi connectivity index (χ3v) is 4.07. The summed E-state index contributed by atoms with van der Waals surface area (Å²) in [7, 11) is 0. The van der Waals surface area contributed by atoms with Gasteiger partial charge in [-0.15, -0.1) is 0 Å². The molecule has 2 nitrogen and oxygen atoms in total. The van der Waals surface area contributed by atoms with Gasteiger partial charge in [-0.05, 0) is 25.3 Å². The molecular formula is C14H32N2. The summed E-state index contributed by atoms with van der Waals surface area (Å²) in [5.74, 6) is 0.831. The second kappa shape index (κ2) is 8.08. The molecule has 98 valence electrons. The molecule has 0 saturated carbocycles. The van der Waals surface area contributed by atoms with Crippen LogP contribution in [0.4, 0.5) is 0 Å². The molecule has 2 N–H and O–H groups in total. The molecule has 0 fully saturated rings. The van der Waals surface area contributed by atoms with Crippen molar-refractivity contribution >= 4 is 0 Å². The Balaban J connectivity index is 4.28. The van der Waals surface area contributed by atoms with Crippen molar-refractivity contribution in [3.05, 3.63) is 0 Å². The van der Waals surface area contributed by atoms with Crippen LogP contribution in [0.15, 0.2) is 0 Å². The van der Waals surface area contributed by atoms with Crippen LogP contribution in [0.2, 0.25) is 0 Å². The zero-order valence-corrected chi connectivity index (χ0v) is 12.1. The highest BCUT2D eigenvalue weighted by molar-refractivity contribution is 4.85. The van der Waals surface area contributed by atoms with Gasteiger partial charge in [-0.25, -0.2) is 0 Å². The van der Waals surface area contributed by atoms with Crippen molar-refractivity contribution in [1.29, 1.82) is 0 Å². The Labute approximate surface area is 103 Å². The van der Waals surface area contributed by atoms with E-state index in [2.05, 4.69) is 39.5 Å². The molecule has 0 amide bonds. The maximum absolute atomic E-state index is 6.39. The van der Waals surface area contributed by atoms with Crippen LogP contribution in [0, 0.1) is 5.92 Å². The van der Waals surface area contributed by atoms with Crippen LogP contribution in [0.5, 0.6) is 0 Å². The van der Waals surface area contributed by atoms with E-state index in [1.165, 1.54) is 19.4 Å². The Morgan fingerprint density at radius 1 is 1.00 bits per heavy atom. The number of hydrogen-bond acceptors (Lipinski definition) is 2. The van der Waals surface area contributed by atoms with Gasteiger partial charge in [0.25, 0.3) is 0 Å². The van der Waals surface area contributed by atoms with Crippen molar-refractivity contribution in [3.8, 4) is 0 Å². The largest absolute Gasteiger partial charge is 0.324 e. The first-order chi connectivity index (χ1) is 7.55. The monoisotopic (exact) mass is 228 g/mol. The topological polar surface area (TPSA) is 29.3 Å². The summed E-state index contributed by atoms with van der Waals surface area (Å²) in [5.41, 5.74) is 6.41. The Morgan fingerprint density at radius 3 is 1.81 bits per heavy atom. The van der Waals surface area contributed by atoms with Crippen LogP contribution in [0.25, 0.3) is 0 Å². The predicted octanol–water partition coefficient (Wildman–Crippen LogP) is 3.26. The summed E-state index contributed by atoms with van der Waals surface area (Å²) in [6, 6.07) is 0. The van der Waals surface area contributed by atoms with Crippen LogP contribution in [0.1, 0.15) is 60.3 Å². The van der Waals surface area contributed by atoms with Gasteiger partial charge < -0.3 is 10.6 Å². The number of nitrogens with zero attached hydrogens (tertiary/aromatic N) is 1. The van der Waals surface area contributed by atoms with Crippen LogP contribution in [-0.4, -0.2) is 30.1 Å². The lowest BCUT2D eigenvalue weighted by atomic mass is 9.92. The standard InChI is InChI=1S/C14H32N2/c1-6-13(7-2)11-16(10-5)12-14(15,8-3)9-4/h13H,6-12,15H2,1-5H3. The summed E-state index contributed by atoms with van der Waals surface area (Å²) >= 11 is 0. The minimum atomic E-state index is 0.0159. The van der Waals surface area contributed by atoms with E-state index in [-0.39, 0.29) is 5.54 Å². The number of likely N-dealkylation sites (N-methyl/N-ethyl adjacent to an activating group) is 1. The summed E-state index contributed by atoms with van der Waals surface area (Å²) in [5, 5.41) is 0. The lowest BCUT2D eigenvalue weighted by Gasteiger charge is -2.35. The molecule has 0 aromatic carbocycles. The second-order valence-corrected chi connectivity index (χ2v) is 5.08. The average Bonchev–Trinajstić information content (AvgIpc) is 2.34. The van der Waals surface area contributed by atoms with Crippen LogP contribution in [0.3, 0.4) is 0 Å². The van der Waals surface area contributed by atoms with E-state index < -0.39 is 0 Å². The molecule has 0 atom stereocenters. The van der Waals surface area contributed by atoms with Crippen molar-refractivity contribution in [1.82, 2.24) is 4.90 Å². The number of nitrogens with two attached hydrogens (primary N) is 1. The van der Waals surface area contributed by atoms with Gasteiger partial charge in [0, 0.05) is 18.6 Å². The van der Waals surface area contributed by atoms with Gasteiger partial charge in [0.15, 0.2) is 0 Å². The van der Waals surface area contributed by atoms with E-state index >= 15 is 0 Å². The molecule has 0 radical (unpaired) electrons. The normalized spacial score (nSPS) is 12.8. The van der Waals surface area contributed by atoms with Crippen molar-refractivity contribution in [2.24, 2.45) is 11.7 Å². The van der Waals surface area contributed by atoms with Gasteiger partial charge in [0.05, 0.1) is 0 Å². The highest BCUT2D eigenvalue weighted by atomic mass is 15.1. The molecule has 0 saturated heterocycles. The first kappa shape index (κ1) is 15.9. The van der Waals surface area contributed by atoms with Crippen LogP contribution >= 0.6 is 0 Å². The van der Waals surface area contributed by atoms with Crippen molar-refractivity contribution in [3.63, 3.8) is 0 Å². The fourth-order valence-corrected chi connectivity index (χ4v) is 2.14. The Kier molecular flexibility index (Phi) is 8.04. The Morgan fingerprint density at radius 2 is 1.50 bits per heavy atom. The lowest BCUT2D eigenvalue weighted by molar-refractivity contribution is 0.177. The van der Waals surface area contributed by atoms with E-state index in [4.69, 9.17) is 5.73 Å². The van der Waals surface area contributed by atoms with Gasteiger partial charge in [-0.3, -0.25) is 0 Å². The SMILES string of the molecule is CCC(CC)CN(CC)CC(N)(CC)CC.